The number of nitrogens with zero attached hydrogens (tertiary/aromatic N) is 6. The van der Waals surface area contributed by atoms with Gasteiger partial charge in [0.25, 0.3) is 17.7 Å². The van der Waals surface area contributed by atoms with Gasteiger partial charge in [0, 0.05) is 101 Å². The van der Waals surface area contributed by atoms with Crippen LogP contribution < -0.4 is 65.7 Å². The number of carbonyl (C=O) groups excluding carboxylic acids is 6. The van der Waals surface area contributed by atoms with Crippen LogP contribution in [0.4, 0.5) is 23.0 Å². The van der Waals surface area contributed by atoms with Crippen molar-refractivity contribution in [2.24, 2.45) is 0 Å². The SMILES string of the molecule is I.N.O=C(NCc1cccs1)c1cc2c(s1)-c1ccccc1N(C(=O)c1ccc(CC(=O)c3cccnc3N3CCCC3)cc1)CC2.O=C([O-])c1cc2c(s1)-c1ccccc1N(C(=O)c1ccc(CC(=O)c3cccnc3N3CCCC3)cc1)CC2.[Na+]. The summed E-state index contributed by atoms with van der Waals surface area (Å²) in [4.78, 5) is 99.3. The van der Waals surface area contributed by atoms with E-state index in [9.17, 15) is 33.9 Å². The molecule has 0 spiro atoms. The van der Waals surface area contributed by atoms with Crippen LogP contribution in [0.5, 0.6) is 0 Å². The van der Waals surface area contributed by atoms with Crippen molar-refractivity contribution in [3.63, 3.8) is 0 Å². The van der Waals surface area contributed by atoms with Gasteiger partial charge in [-0.15, -0.1) is 58.0 Å². The van der Waals surface area contributed by atoms with Crippen molar-refractivity contribution in [1.29, 1.82) is 0 Å². The van der Waals surface area contributed by atoms with E-state index in [1.807, 2.05) is 132 Å². The Hall–Kier alpha value is -7.21. The number of Topliss-reactive ketones (excluding diaryl/α,β-unsaturated/α-hetero) is 2. The van der Waals surface area contributed by atoms with Crippen LogP contribution in [0.2, 0.25) is 0 Å². The van der Waals surface area contributed by atoms with Gasteiger partial charge < -0.3 is 41.0 Å². The Morgan fingerprint density at radius 1 is 0.529 bits per heavy atom. The van der Waals surface area contributed by atoms with Crippen LogP contribution in [0.25, 0.3) is 20.9 Å². The summed E-state index contributed by atoms with van der Waals surface area (Å²) in [5.41, 5.74) is 9.41. The first-order valence-electron chi connectivity index (χ1n) is 28.3. The number of carbonyl (C=O) groups is 6. The molecule has 4 aliphatic rings. The number of anilines is 4. The molecule has 438 valence electrons. The Morgan fingerprint density at radius 3 is 1.43 bits per heavy atom. The maximum atomic E-state index is 13.9. The van der Waals surface area contributed by atoms with Crippen molar-refractivity contribution in [2.45, 2.75) is 57.9 Å². The number of rotatable bonds is 14. The van der Waals surface area contributed by atoms with Gasteiger partial charge >= 0.3 is 29.6 Å². The molecule has 15 nitrogen and oxygen atoms in total. The van der Waals surface area contributed by atoms with Gasteiger partial charge in [-0.2, -0.15) is 0 Å². The summed E-state index contributed by atoms with van der Waals surface area (Å²) in [6.07, 6.45) is 9.57. The minimum absolute atomic E-state index is 0. The second-order valence-corrected chi connectivity index (χ2v) is 24.3. The van der Waals surface area contributed by atoms with Crippen LogP contribution in [0.1, 0.15) is 114 Å². The Labute approximate surface area is 556 Å². The third-order valence-corrected chi connectivity index (χ3v) is 19.0. The van der Waals surface area contributed by atoms with Crippen LogP contribution in [0, 0.1) is 0 Å². The fourth-order valence-electron chi connectivity index (χ4n) is 11.5. The van der Waals surface area contributed by atoms with Crippen molar-refractivity contribution >= 4 is 116 Å². The molecule has 2 saturated heterocycles. The number of carboxylic acid groups (broad SMARTS) is 1. The molecule has 20 heteroatoms. The molecule has 0 radical (unpaired) electrons. The minimum Gasteiger partial charge on any atom is -0.544 e. The van der Waals surface area contributed by atoms with E-state index < -0.39 is 5.97 Å². The summed E-state index contributed by atoms with van der Waals surface area (Å²) in [7, 11) is 0. The van der Waals surface area contributed by atoms with E-state index >= 15 is 0 Å². The summed E-state index contributed by atoms with van der Waals surface area (Å²) in [6, 6.07) is 45.0. The number of nitrogens with one attached hydrogen (secondary N) is 1. The monoisotopic (exact) mass is 1340 g/mol. The number of thiophene rings is 3. The van der Waals surface area contributed by atoms with Crippen molar-refractivity contribution in [1.82, 2.24) is 21.4 Å². The van der Waals surface area contributed by atoms with Crippen LogP contribution in [0.3, 0.4) is 0 Å². The first kappa shape index (κ1) is 64.3. The second-order valence-electron chi connectivity index (χ2n) is 21.2. The summed E-state index contributed by atoms with van der Waals surface area (Å²) >= 11 is 4.28. The number of halogens is 1. The quantitative estimate of drug-likeness (QED) is 0.0593. The Bertz CT molecular complexity index is 3960. The number of aromatic carboxylic acids is 1. The zero-order chi connectivity index (χ0) is 57.7. The maximum Gasteiger partial charge on any atom is 1.00 e. The molecule has 4 aliphatic heterocycles. The number of carboxylic acids is 1. The van der Waals surface area contributed by atoms with E-state index in [1.54, 1.807) is 52.9 Å². The van der Waals surface area contributed by atoms with Gasteiger partial charge in [-0.05, 0) is 145 Å². The third kappa shape index (κ3) is 14.2. The van der Waals surface area contributed by atoms with E-state index in [2.05, 4.69) is 25.1 Å². The predicted octanol–water partition coefficient (Wildman–Crippen LogP) is 9.22. The Balaban J connectivity index is 0.000000202. The topological polar surface area (TPSA) is 211 Å². The molecule has 0 aliphatic carbocycles. The first-order chi connectivity index (χ1) is 41.0. The molecule has 4 N–H and O–H groups in total. The summed E-state index contributed by atoms with van der Waals surface area (Å²) in [5, 5.41) is 16.5. The third-order valence-electron chi connectivity index (χ3n) is 15.7. The van der Waals surface area contributed by atoms with Gasteiger partial charge in [0.05, 0.1) is 44.8 Å². The van der Waals surface area contributed by atoms with Crippen molar-refractivity contribution in [3.05, 3.63) is 223 Å². The molecule has 0 unspecified atom stereocenters. The summed E-state index contributed by atoms with van der Waals surface area (Å²) in [5.74, 6) is 0.0586. The molecule has 0 atom stereocenters. The molecule has 0 bridgehead atoms. The number of benzene rings is 4. The number of hydrogen-bond acceptors (Lipinski definition) is 15. The molecule has 9 aromatic rings. The second kappa shape index (κ2) is 29.2. The van der Waals surface area contributed by atoms with Crippen LogP contribution >= 0.6 is 58.0 Å². The molecule has 3 amide bonds. The molecule has 4 aromatic carbocycles. The molecule has 9 heterocycles. The minimum atomic E-state index is -1.19. The van der Waals surface area contributed by atoms with Crippen LogP contribution in [0.15, 0.2) is 163 Å². The van der Waals surface area contributed by atoms with Crippen LogP contribution in [-0.4, -0.2) is 84.5 Å². The van der Waals surface area contributed by atoms with Crippen LogP contribution in [-0.2, 0) is 32.2 Å². The number of ketones is 2. The Morgan fingerprint density at radius 2 is 0.977 bits per heavy atom. The van der Waals surface area contributed by atoms with Gasteiger partial charge in [-0.1, -0.05) is 66.7 Å². The Kier molecular flexibility index (Phi) is 21.6. The van der Waals surface area contributed by atoms with E-state index in [-0.39, 0.29) is 107 Å². The van der Waals surface area contributed by atoms with E-state index in [0.717, 1.165) is 123 Å². The summed E-state index contributed by atoms with van der Waals surface area (Å²) < 4.78 is 0. The normalized spacial score (nSPS) is 13.7. The van der Waals surface area contributed by atoms with Gasteiger partial charge in [-0.3, -0.25) is 24.0 Å². The standard InChI is InChI=1S/C36H32N4O3S2.C31H27N3O4S.HI.H3N.Na/c41-31(29-9-5-16-37-34(29)39-17-3-4-18-39)21-24-11-13-25(14-12-24)36(43)40-19-15-26-22-32(35(42)38-23-27-7-6-20-44-27)45-33(26)28-8-1-2-10-30(28)40;35-26(24-7-5-14-32-29(24)33-15-3-4-16-33)18-20-9-11-21(12-10-20)30(36)34-17-13-22-19-27(31(37)38)39-28(22)23-6-1-2-8-25(23)34;;;/h1-2,5-14,16,20,22H,3-4,15,17-19,21,23H2,(H,38,42);1-2,5-12,14,19H,3-4,13,15-18H2,(H,37,38);1H;1H3;/q;;;;+1/p-1. The number of hydrogen-bond donors (Lipinski definition) is 2. The van der Waals surface area contributed by atoms with Gasteiger partial charge in [0.2, 0.25) is 0 Å². The number of aromatic nitrogens is 2. The number of pyridine rings is 2. The van der Waals surface area contributed by atoms with Crippen molar-refractivity contribution in [3.8, 4) is 20.9 Å². The zero-order valence-corrected chi connectivity index (χ0v) is 54.9. The molecular weight excluding hydrogens is 1270 g/mol. The number of amides is 3. The summed E-state index contributed by atoms with van der Waals surface area (Å²) in [6.45, 7) is 5.11. The fraction of sp³-hybridized carbons (Fsp3) is 0.224. The molecule has 0 saturated carbocycles. The zero-order valence-electron chi connectivity index (χ0n) is 48.1. The number of para-hydroxylation sites is 2. The number of fused-ring (bicyclic) bond motifs is 6. The van der Waals surface area contributed by atoms with Gasteiger partial charge in [-0.25, -0.2) is 9.97 Å². The average Bonchev–Trinajstić information content (AvgIpc) is 2.23. The molecule has 13 rings (SSSR count). The smallest absolute Gasteiger partial charge is 0.544 e. The van der Waals surface area contributed by atoms with Gasteiger partial charge in [0.15, 0.2) is 11.6 Å². The van der Waals surface area contributed by atoms with Crippen molar-refractivity contribution in [2.75, 3.05) is 58.9 Å². The average molecular weight is 1340 g/mol. The van der Waals surface area contributed by atoms with E-state index in [1.165, 1.54) is 22.7 Å². The van der Waals surface area contributed by atoms with E-state index in [0.29, 0.717) is 59.6 Å². The largest absolute Gasteiger partial charge is 1.00 e. The molecule has 5 aromatic heterocycles. The first-order valence-corrected chi connectivity index (χ1v) is 30.8. The maximum absolute atomic E-state index is 13.9. The predicted molar refractivity (Wildman–Crippen MR) is 351 cm³/mol. The molecule has 2 fully saturated rings. The fourth-order valence-corrected chi connectivity index (χ4v) is 14.4. The molecular formula is C67H62IN8NaO7S3. The van der Waals surface area contributed by atoms with E-state index in [4.69, 9.17) is 0 Å². The van der Waals surface area contributed by atoms with Crippen molar-refractivity contribution < 1.29 is 63.4 Å². The van der Waals surface area contributed by atoms with Gasteiger partial charge in [0.1, 0.15) is 11.6 Å². The molecule has 87 heavy (non-hydrogen) atoms.